The lowest BCUT2D eigenvalue weighted by molar-refractivity contribution is 0.0523. The second kappa shape index (κ2) is 7.63. The van der Waals surface area contributed by atoms with Crippen molar-refractivity contribution in [3.05, 3.63) is 23.8 Å². The Morgan fingerprint density at radius 2 is 2.05 bits per heavy atom. The van der Waals surface area contributed by atoms with Gasteiger partial charge in [-0.3, -0.25) is 0 Å². The van der Waals surface area contributed by atoms with Gasteiger partial charge in [0.15, 0.2) is 0 Å². The fourth-order valence-electron chi connectivity index (χ4n) is 1.51. The third kappa shape index (κ3) is 4.79. The standard InChI is InChI=1S/C14H21NO4/c1-4-17-9-10(3)19-13-8-11(6-7-12(13)15)14(16)18-5-2/h6-8,10H,4-5,9,15H2,1-3H3. The number of esters is 1. The first-order chi connectivity index (χ1) is 9.08. The fraction of sp³-hybridized carbons (Fsp3) is 0.500. The van der Waals surface area contributed by atoms with Gasteiger partial charge in [-0.15, -0.1) is 0 Å². The largest absolute Gasteiger partial charge is 0.486 e. The molecule has 0 fully saturated rings. The third-order valence-corrected chi connectivity index (χ3v) is 2.41. The third-order valence-electron chi connectivity index (χ3n) is 2.41. The molecule has 0 bridgehead atoms. The topological polar surface area (TPSA) is 70.8 Å². The molecule has 0 aromatic heterocycles. The number of nitrogens with two attached hydrogens (primary N) is 1. The highest BCUT2D eigenvalue weighted by atomic mass is 16.5. The van der Waals surface area contributed by atoms with Crippen molar-refractivity contribution in [1.82, 2.24) is 0 Å². The molecule has 1 aromatic rings. The number of hydrogen-bond donors (Lipinski definition) is 1. The smallest absolute Gasteiger partial charge is 0.338 e. The van der Waals surface area contributed by atoms with Crippen LogP contribution in [0.5, 0.6) is 5.75 Å². The maximum atomic E-state index is 11.6. The van der Waals surface area contributed by atoms with E-state index in [4.69, 9.17) is 19.9 Å². The number of rotatable bonds is 7. The summed E-state index contributed by atoms with van der Waals surface area (Å²) in [4.78, 5) is 11.6. The Hall–Kier alpha value is -1.75. The predicted octanol–water partition coefficient (Wildman–Crippen LogP) is 2.25. The number of carbonyl (C=O) groups is 1. The average Bonchev–Trinajstić information content (AvgIpc) is 2.39. The number of carbonyl (C=O) groups excluding carboxylic acids is 1. The zero-order valence-electron chi connectivity index (χ0n) is 11.6. The van der Waals surface area contributed by atoms with Crippen LogP contribution in [0.25, 0.3) is 0 Å². The van der Waals surface area contributed by atoms with E-state index in [-0.39, 0.29) is 12.1 Å². The minimum absolute atomic E-state index is 0.139. The van der Waals surface area contributed by atoms with Gasteiger partial charge >= 0.3 is 5.97 Å². The molecule has 19 heavy (non-hydrogen) atoms. The molecule has 0 aliphatic heterocycles. The number of benzene rings is 1. The lowest BCUT2D eigenvalue weighted by Gasteiger charge is -2.16. The van der Waals surface area contributed by atoms with Gasteiger partial charge in [0, 0.05) is 6.61 Å². The lowest BCUT2D eigenvalue weighted by atomic mass is 10.2. The van der Waals surface area contributed by atoms with Crippen LogP contribution in [0.3, 0.4) is 0 Å². The Labute approximate surface area is 113 Å². The van der Waals surface area contributed by atoms with Gasteiger partial charge in [-0.2, -0.15) is 0 Å². The van der Waals surface area contributed by atoms with Gasteiger partial charge in [0.1, 0.15) is 11.9 Å². The Kier molecular flexibility index (Phi) is 6.15. The summed E-state index contributed by atoms with van der Waals surface area (Å²) < 4.78 is 15.9. The van der Waals surface area contributed by atoms with E-state index >= 15 is 0 Å². The molecule has 0 saturated heterocycles. The van der Waals surface area contributed by atoms with Crippen LogP contribution < -0.4 is 10.5 Å². The molecule has 0 spiro atoms. The van der Waals surface area contributed by atoms with Crippen LogP contribution in [0.4, 0.5) is 5.69 Å². The SMILES string of the molecule is CCOCC(C)Oc1cc(C(=O)OCC)ccc1N. The molecule has 0 saturated carbocycles. The molecule has 0 aliphatic rings. The minimum atomic E-state index is -0.384. The van der Waals surface area contributed by atoms with E-state index in [9.17, 15) is 4.79 Å². The Bertz CT molecular complexity index is 420. The van der Waals surface area contributed by atoms with Crippen molar-refractivity contribution in [2.75, 3.05) is 25.6 Å². The van der Waals surface area contributed by atoms with Crippen LogP contribution >= 0.6 is 0 Å². The van der Waals surface area contributed by atoms with E-state index in [2.05, 4.69) is 0 Å². The molecule has 106 valence electrons. The summed E-state index contributed by atoms with van der Waals surface area (Å²) in [5.41, 5.74) is 6.73. The maximum absolute atomic E-state index is 11.6. The van der Waals surface area contributed by atoms with Gasteiger partial charge in [-0.05, 0) is 39.0 Å². The van der Waals surface area contributed by atoms with Crippen molar-refractivity contribution < 1.29 is 19.0 Å². The summed E-state index contributed by atoms with van der Waals surface area (Å²) in [6.07, 6.45) is -0.139. The number of nitrogen functional groups attached to an aromatic ring is 1. The van der Waals surface area contributed by atoms with Crippen LogP contribution in [-0.2, 0) is 9.47 Å². The molecule has 1 unspecified atom stereocenters. The van der Waals surface area contributed by atoms with E-state index in [0.29, 0.717) is 36.8 Å². The van der Waals surface area contributed by atoms with Gasteiger partial charge in [0.05, 0.1) is 24.5 Å². The lowest BCUT2D eigenvalue weighted by Crippen LogP contribution is -2.20. The van der Waals surface area contributed by atoms with E-state index < -0.39 is 0 Å². The first kappa shape index (κ1) is 15.3. The average molecular weight is 267 g/mol. The van der Waals surface area contributed by atoms with Crippen molar-refractivity contribution in [2.24, 2.45) is 0 Å². The predicted molar refractivity (Wildman–Crippen MR) is 73.4 cm³/mol. The van der Waals surface area contributed by atoms with Crippen molar-refractivity contribution in [2.45, 2.75) is 26.9 Å². The highest BCUT2D eigenvalue weighted by molar-refractivity contribution is 5.90. The molecule has 2 N–H and O–H groups in total. The molecule has 5 heteroatoms. The summed E-state index contributed by atoms with van der Waals surface area (Å²) in [7, 11) is 0. The molecule has 5 nitrogen and oxygen atoms in total. The van der Waals surface area contributed by atoms with E-state index in [1.165, 1.54) is 0 Å². The molecule has 0 heterocycles. The monoisotopic (exact) mass is 267 g/mol. The molecular weight excluding hydrogens is 246 g/mol. The van der Waals surface area contributed by atoms with Crippen LogP contribution in [-0.4, -0.2) is 31.9 Å². The van der Waals surface area contributed by atoms with Crippen LogP contribution in [0.15, 0.2) is 18.2 Å². The Morgan fingerprint density at radius 1 is 1.32 bits per heavy atom. The summed E-state index contributed by atoms with van der Waals surface area (Å²) in [5, 5.41) is 0. The minimum Gasteiger partial charge on any atom is -0.486 e. The first-order valence-electron chi connectivity index (χ1n) is 6.39. The van der Waals surface area contributed by atoms with Crippen molar-refractivity contribution in [3.63, 3.8) is 0 Å². The Balaban J connectivity index is 2.76. The summed E-state index contributed by atoms with van der Waals surface area (Å²) >= 11 is 0. The van der Waals surface area contributed by atoms with Crippen molar-refractivity contribution in [3.8, 4) is 5.75 Å². The zero-order chi connectivity index (χ0) is 14.3. The van der Waals surface area contributed by atoms with Gasteiger partial charge in [-0.1, -0.05) is 0 Å². The van der Waals surface area contributed by atoms with Crippen LogP contribution in [0.1, 0.15) is 31.1 Å². The van der Waals surface area contributed by atoms with E-state index in [1.807, 2.05) is 13.8 Å². The van der Waals surface area contributed by atoms with Crippen molar-refractivity contribution in [1.29, 1.82) is 0 Å². The highest BCUT2D eigenvalue weighted by Crippen LogP contribution is 2.24. The molecular formula is C14H21NO4. The van der Waals surface area contributed by atoms with E-state index in [0.717, 1.165) is 0 Å². The van der Waals surface area contributed by atoms with Crippen LogP contribution in [0.2, 0.25) is 0 Å². The van der Waals surface area contributed by atoms with E-state index in [1.54, 1.807) is 25.1 Å². The highest BCUT2D eigenvalue weighted by Gasteiger charge is 2.12. The van der Waals surface area contributed by atoms with Crippen molar-refractivity contribution >= 4 is 11.7 Å². The molecule has 0 aliphatic carbocycles. The molecule has 1 aromatic carbocycles. The molecule has 0 amide bonds. The maximum Gasteiger partial charge on any atom is 0.338 e. The molecule has 0 radical (unpaired) electrons. The van der Waals surface area contributed by atoms with Gasteiger partial charge < -0.3 is 19.9 Å². The fourth-order valence-corrected chi connectivity index (χ4v) is 1.51. The second-order valence-corrected chi connectivity index (χ2v) is 4.06. The molecule has 1 rings (SSSR count). The quantitative estimate of drug-likeness (QED) is 0.606. The summed E-state index contributed by atoms with van der Waals surface area (Å²) in [5.74, 6) is 0.0857. The molecule has 1 atom stereocenters. The second-order valence-electron chi connectivity index (χ2n) is 4.06. The summed E-state index contributed by atoms with van der Waals surface area (Å²) in [6, 6.07) is 4.85. The zero-order valence-corrected chi connectivity index (χ0v) is 11.6. The summed E-state index contributed by atoms with van der Waals surface area (Å²) in [6.45, 7) is 7.00. The van der Waals surface area contributed by atoms with Gasteiger partial charge in [-0.25, -0.2) is 4.79 Å². The number of hydrogen-bond acceptors (Lipinski definition) is 5. The van der Waals surface area contributed by atoms with Crippen LogP contribution in [0, 0.1) is 0 Å². The first-order valence-corrected chi connectivity index (χ1v) is 6.39. The van der Waals surface area contributed by atoms with Gasteiger partial charge in [0.25, 0.3) is 0 Å². The number of anilines is 1. The van der Waals surface area contributed by atoms with Gasteiger partial charge in [0.2, 0.25) is 0 Å². The Morgan fingerprint density at radius 3 is 2.68 bits per heavy atom. The normalized spacial score (nSPS) is 11.9. The number of ether oxygens (including phenoxy) is 3.